The average molecular weight is 268 g/mol. The Morgan fingerprint density at radius 3 is 2.33 bits per heavy atom. The Hall–Kier alpha value is -0.830. The third kappa shape index (κ3) is 1.81. The van der Waals surface area contributed by atoms with E-state index in [-0.39, 0.29) is 17.2 Å². The fraction of sp³-hybridized carbons (Fsp3) is 0.417. The molecule has 15 heavy (non-hydrogen) atoms. The molecule has 1 fully saturated rings. The molecule has 1 aromatic rings. The van der Waals surface area contributed by atoms with Crippen LogP contribution in [-0.4, -0.2) is 5.91 Å². The molecule has 2 N–H and O–H groups in total. The van der Waals surface area contributed by atoms with E-state index in [1.54, 1.807) is 0 Å². The van der Waals surface area contributed by atoms with Crippen molar-refractivity contribution < 1.29 is 4.79 Å². The molecule has 1 atom stereocenters. The lowest BCUT2D eigenvalue weighted by atomic mass is 9.84. The van der Waals surface area contributed by atoms with E-state index in [9.17, 15) is 4.79 Å². The average Bonchev–Trinajstić information content (AvgIpc) is 2.98. The Morgan fingerprint density at radius 1 is 1.40 bits per heavy atom. The van der Waals surface area contributed by atoms with E-state index in [1.165, 1.54) is 5.56 Å². The minimum atomic E-state index is -0.270. The molecule has 0 bridgehead atoms. The number of hydrogen-bond acceptors (Lipinski definition) is 1. The summed E-state index contributed by atoms with van der Waals surface area (Å²) in [6, 6.07) is 8.11. The Labute approximate surface area is 98.0 Å². The summed E-state index contributed by atoms with van der Waals surface area (Å²) in [5.74, 6) is 0.0704. The number of nitrogens with two attached hydrogens (primary N) is 1. The molecule has 0 saturated heterocycles. The maximum Gasteiger partial charge on any atom is 0.224 e. The van der Waals surface area contributed by atoms with Crippen LogP contribution in [0.1, 0.15) is 31.2 Å². The molecule has 1 aliphatic carbocycles. The number of amides is 1. The normalized spacial score (nSPS) is 19.6. The molecule has 0 radical (unpaired) electrons. The standard InChI is InChI=1S/C12H14BrNO/c1-8(12(6-7-12)11(14)15)9-2-4-10(13)5-3-9/h2-5,8H,6-7H2,1H3,(H2,14,15)/t8-/m0/s1. The van der Waals surface area contributed by atoms with E-state index in [0.29, 0.717) is 0 Å². The van der Waals surface area contributed by atoms with Crippen molar-refractivity contribution in [3.05, 3.63) is 34.3 Å². The van der Waals surface area contributed by atoms with Gasteiger partial charge in [0.2, 0.25) is 5.91 Å². The SMILES string of the molecule is C[C@@H](c1ccc(Br)cc1)C1(C(N)=O)CC1. The Balaban J connectivity index is 2.25. The number of carbonyl (C=O) groups is 1. The van der Waals surface area contributed by atoms with Crippen molar-refractivity contribution >= 4 is 21.8 Å². The van der Waals surface area contributed by atoms with Crippen molar-refractivity contribution in [3.8, 4) is 0 Å². The monoisotopic (exact) mass is 267 g/mol. The predicted molar refractivity (Wildman–Crippen MR) is 63.4 cm³/mol. The van der Waals surface area contributed by atoms with Gasteiger partial charge in [0.05, 0.1) is 5.41 Å². The zero-order chi connectivity index (χ0) is 11.1. The maximum absolute atomic E-state index is 11.4. The van der Waals surface area contributed by atoms with Crippen molar-refractivity contribution in [1.82, 2.24) is 0 Å². The molecule has 1 aliphatic rings. The Morgan fingerprint density at radius 2 is 1.93 bits per heavy atom. The van der Waals surface area contributed by atoms with Gasteiger partial charge in [-0.3, -0.25) is 4.79 Å². The van der Waals surface area contributed by atoms with Crippen LogP contribution >= 0.6 is 15.9 Å². The lowest BCUT2D eigenvalue weighted by molar-refractivity contribution is -0.123. The smallest absolute Gasteiger partial charge is 0.224 e. The molecule has 1 aromatic carbocycles. The first-order chi connectivity index (χ1) is 7.06. The molecule has 0 heterocycles. The molecule has 0 spiro atoms. The highest BCUT2D eigenvalue weighted by Gasteiger charge is 2.52. The van der Waals surface area contributed by atoms with E-state index in [2.05, 4.69) is 35.0 Å². The first kappa shape index (κ1) is 10.7. The number of hydrogen-bond donors (Lipinski definition) is 1. The second-order valence-corrected chi connectivity index (χ2v) is 5.21. The lowest BCUT2D eigenvalue weighted by Gasteiger charge is -2.20. The zero-order valence-electron chi connectivity index (χ0n) is 8.66. The largest absolute Gasteiger partial charge is 0.369 e. The summed E-state index contributed by atoms with van der Waals surface area (Å²) in [5.41, 5.74) is 6.37. The fourth-order valence-corrected chi connectivity index (χ4v) is 2.36. The van der Waals surface area contributed by atoms with Gasteiger partial charge < -0.3 is 5.73 Å². The van der Waals surface area contributed by atoms with Crippen LogP contribution in [0.3, 0.4) is 0 Å². The topological polar surface area (TPSA) is 43.1 Å². The van der Waals surface area contributed by atoms with Crippen LogP contribution in [0.2, 0.25) is 0 Å². The third-order valence-electron chi connectivity index (χ3n) is 3.48. The van der Waals surface area contributed by atoms with Gasteiger partial charge in [-0.25, -0.2) is 0 Å². The minimum absolute atomic E-state index is 0.155. The summed E-state index contributed by atoms with van der Waals surface area (Å²) in [4.78, 5) is 11.4. The second kappa shape index (κ2) is 3.63. The summed E-state index contributed by atoms with van der Waals surface area (Å²) >= 11 is 3.40. The van der Waals surface area contributed by atoms with Crippen LogP contribution in [0.5, 0.6) is 0 Å². The van der Waals surface area contributed by atoms with E-state index >= 15 is 0 Å². The minimum Gasteiger partial charge on any atom is -0.369 e. The third-order valence-corrected chi connectivity index (χ3v) is 4.01. The number of carbonyl (C=O) groups excluding carboxylic acids is 1. The molecule has 2 nitrogen and oxygen atoms in total. The van der Waals surface area contributed by atoms with Crippen molar-refractivity contribution in [3.63, 3.8) is 0 Å². The van der Waals surface area contributed by atoms with Crippen LogP contribution in [0.25, 0.3) is 0 Å². The molecular formula is C12H14BrNO. The van der Waals surface area contributed by atoms with Crippen molar-refractivity contribution in [2.45, 2.75) is 25.7 Å². The number of rotatable bonds is 3. The lowest BCUT2D eigenvalue weighted by Crippen LogP contribution is -2.29. The number of halogens is 1. The molecule has 0 aliphatic heterocycles. The molecule has 1 saturated carbocycles. The van der Waals surface area contributed by atoms with E-state index in [4.69, 9.17) is 5.73 Å². The quantitative estimate of drug-likeness (QED) is 0.899. The summed E-state index contributed by atoms with van der Waals surface area (Å²) in [6.07, 6.45) is 1.86. The number of benzene rings is 1. The highest BCUT2D eigenvalue weighted by atomic mass is 79.9. The van der Waals surface area contributed by atoms with Gasteiger partial charge in [-0.15, -0.1) is 0 Å². The summed E-state index contributed by atoms with van der Waals surface area (Å²) in [6.45, 7) is 2.08. The molecule has 1 amide bonds. The second-order valence-electron chi connectivity index (χ2n) is 4.29. The van der Waals surface area contributed by atoms with Crippen LogP contribution < -0.4 is 5.73 Å². The van der Waals surface area contributed by atoms with Crippen LogP contribution in [0, 0.1) is 5.41 Å². The highest BCUT2D eigenvalue weighted by molar-refractivity contribution is 9.10. The van der Waals surface area contributed by atoms with Gasteiger partial charge in [-0.2, -0.15) is 0 Å². The van der Waals surface area contributed by atoms with Gasteiger partial charge in [0.1, 0.15) is 0 Å². The van der Waals surface area contributed by atoms with Gasteiger partial charge in [-0.05, 0) is 36.5 Å². The first-order valence-corrected chi connectivity index (χ1v) is 5.91. The highest BCUT2D eigenvalue weighted by Crippen LogP contribution is 2.55. The maximum atomic E-state index is 11.4. The predicted octanol–water partition coefficient (Wildman–Crippen LogP) is 2.82. The van der Waals surface area contributed by atoms with Crippen molar-refractivity contribution in [2.24, 2.45) is 11.1 Å². The van der Waals surface area contributed by atoms with Gasteiger partial charge in [-0.1, -0.05) is 35.0 Å². The first-order valence-electron chi connectivity index (χ1n) is 5.11. The summed E-state index contributed by atoms with van der Waals surface area (Å²) in [7, 11) is 0. The van der Waals surface area contributed by atoms with Gasteiger partial charge >= 0.3 is 0 Å². The Bertz CT molecular complexity index is 381. The van der Waals surface area contributed by atoms with Crippen molar-refractivity contribution in [1.29, 1.82) is 0 Å². The van der Waals surface area contributed by atoms with E-state index in [0.717, 1.165) is 17.3 Å². The van der Waals surface area contributed by atoms with Crippen LogP contribution in [0.15, 0.2) is 28.7 Å². The van der Waals surface area contributed by atoms with E-state index < -0.39 is 0 Å². The fourth-order valence-electron chi connectivity index (χ4n) is 2.10. The van der Waals surface area contributed by atoms with Crippen LogP contribution in [0.4, 0.5) is 0 Å². The zero-order valence-corrected chi connectivity index (χ0v) is 10.3. The van der Waals surface area contributed by atoms with Gasteiger partial charge in [0.25, 0.3) is 0 Å². The molecule has 0 unspecified atom stereocenters. The van der Waals surface area contributed by atoms with Gasteiger partial charge in [0.15, 0.2) is 0 Å². The molecule has 80 valence electrons. The number of primary amides is 1. The Kier molecular flexibility index (Phi) is 2.59. The molecule has 3 heteroatoms. The van der Waals surface area contributed by atoms with Crippen molar-refractivity contribution in [2.75, 3.05) is 0 Å². The molecule has 0 aromatic heterocycles. The van der Waals surface area contributed by atoms with Crippen LogP contribution in [-0.2, 0) is 4.79 Å². The summed E-state index contributed by atoms with van der Waals surface area (Å²) in [5, 5.41) is 0. The molecular weight excluding hydrogens is 254 g/mol. The van der Waals surface area contributed by atoms with E-state index in [1.807, 2.05) is 12.1 Å². The summed E-state index contributed by atoms with van der Waals surface area (Å²) < 4.78 is 1.06. The molecule has 2 rings (SSSR count). The van der Waals surface area contributed by atoms with Gasteiger partial charge in [0, 0.05) is 4.47 Å².